The van der Waals surface area contributed by atoms with Crippen LogP contribution in [0.2, 0.25) is 0 Å². The minimum absolute atomic E-state index is 0.363. The molecule has 26 heavy (non-hydrogen) atoms. The predicted octanol–water partition coefficient (Wildman–Crippen LogP) is 3.12. The number of nitrogens with two attached hydrogens (primary N) is 1. The van der Waals surface area contributed by atoms with Crippen LogP contribution in [0, 0.1) is 5.92 Å². The maximum absolute atomic E-state index is 11.4. The molecule has 0 aliphatic carbocycles. The number of nitrogens with zero attached hydrogens (tertiary/aromatic N) is 2. The number of benzene rings is 2. The molecular weight excluding hydrogens is 324 g/mol. The zero-order valence-electron chi connectivity index (χ0n) is 14.8. The van der Waals surface area contributed by atoms with Crippen LogP contribution in [0.4, 0.5) is 0 Å². The lowest BCUT2D eigenvalue weighted by molar-refractivity contribution is 0.1000. The standard InChI is InChI=1S/C21H24N4O/c22-21(26)18-5-1-3-17(11-18)14-25-8-2-4-16(13-25)9-15-6-7-20-19(10-15)12-23-24-20/h1,3,5-7,10-12,16H,2,4,8-9,13-14H2,(H2,22,26)(H,23,24)/t16-/m0/s1. The quantitative estimate of drug-likeness (QED) is 0.744. The Morgan fingerprint density at radius 3 is 3.04 bits per heavy atom. The molecule has 3 N–H and O–H groups in total. The Hall–Kier alpha value is -2.66. The van der Waals surface area contributed by atoms with Crippen LogP contribution < -0.4 is 5.73 Å². The summed E-state index contributed by atoms with van der Waals surface area (Å²) in [5, 5.41) is 8.29. The minimum atomic E-state index is -0.363. The summed E-state index contributed by atoms with van der Waals surface area (Å²) in [5.41, 5.74) is 9.61. The van der Waals surface area contributed by atoms with Gasteiger partial charge in [0.2, 0.25) is 5.91 Å². The van der Waals surface area contributed by atoms with Gasteiger partial charge in [-0.2, -0.15) is 5.10 Å². The SMILES string of the molecule is NC(=O)c1cccc(CN2CCC[C@@H](Cc3ccc4[nH]ncc4c3)C2)c1. The summed E-state index contributed by atoms with van der Waals surface area (Å²) in [6, 6.07) is 14.2. The highest BCUT2D eigenvalue weighted by Gasteiger charge is 2.20. The molecule has 0 unspecified atom stereocenters. The Kier molecular flexibility index (Phi) is 4.71. The molecule has 5 nitrogen and oxygen atoms in total. The zero-order chi connectivity index (χ0) is 17.9. The van der Waals surface area contributed by atoms with Crippen LogP contribution in [0.3, 0.4) is 0 Å². The molecule has 5 heteroatoms. The summed E-state index contributed by atoms with van der Waals surface area (Å²) >= 11 is 0. The largest absolute Gasteiger partial charge is 0.366 e. The number of primary amides is 1. The smallest absolute Gasteiger partial charge is 0.248 e. The number of hydrogen-bond donors (Lipinski definition) is 2. The van der Waals surface area contributed by atoms with E-state index in [1.807, 2.05) is 18.3 Å². The number of carbonyl (C=O) groups is 1. The van der Waals surface area contributed by atoms with E-state index in [1.54, 1.807) is 6.07 Å². The number of carbonyl (C=O) groups excluding carboxylic acids is 1. The summed E-state index contributed by atoms with van der Waals surface area (Å²) in [4.78, 5) is 13.9. The van der Waals surface area contributed by atoms with Crippen molar-refractivity contribution < 1.29 is 4.79 Å². The van der Waals surface area contributed by atoms with Crippen LogP contribution in [-0.4, -0.2) is 34.1 Å². The number of aromatic amines is 1. The van der Waals surface area contributed by atoms with Crippen LogP contribution in [0.25, 0.3) is 10.9 Å². The Labute approximate surface area is 153 Å². The molecule has 1 fully saturated rings. The van der Waals surface area contributed by atoms with Gasteiger partial charge in [0.25, 0.3) is 0 Å². The lowest BCUT2D eigenvalue weighted by Crippen LogP contribution is -2.35. The average Bonchev–Trinajstić information content (AvgIpc) is 3.10. The average molecular weight is 348 g/mol. The summed E-state index contributed by atoms with van der Waals surface area (Å²) in [6.07, 6.45) is 5.46. The van der Waals surface area contributed by atoms with Gasteiger partial charge in [-0.05, 0) is 67.1 Å². The first-order valence-electron chi connectivity index (χ1n) is 9.20. The molecule has 3 aromatic rings. The minimum Gasteiger partial charge on any atom is -0.366 e. The molecule has 1 amide bonds. The van der Waals surface area contributed by atoms with E-state index in [4.69, 9.17) is 5.73 Å². The van der Waals surface area contributed by atoms with E-state index < -0.39 is 0 Å². The van der Waals surface area contributed by atoms with Gasteiger partial charge in [0.05, 0.1) is 11.7 Å². The number of amides is 1. The first kappa shape index (κ1) is 16.8. The Morgan fingerprint density at radius 2 is 2.15 bits per heavy atom. The number of likely N-dealkylation sites (tertiary alicyclic amines) is 1. The van der Waals surface area contributed by atoms with Crippen molar-refractivity contribution in [2.45, 2.75) is 25.8 Å². The van der Waals surface area contributed by atoms with Gasteiger partial charge in [-0.15, -0.1) is 0 Å². The Morgan fingerprint density at radius 1 is 1.23 bits per heavy atom. The third-order valence-electron chi connectivity index (χ3n) is 5.25. The number of hydrogen-bond acceptors (Lipinski definition) is 3. The van der Waals surface area contributed by atoms with E-state index in [0.717, 1.165) is 37.1 Å². The fourth-order valence-electron chi connectivity index (χ4n) is 4.00. The van der Waals surface area contributed by atoms with Gasteiger partial charge < -0.3 is 5.73 Å². The summed E-state index contributed by atoms with van der Waals surface area (Å²) in [5.74, 6) is 0.297. The molecule has 1 aliphatic heterocycles. The van der Waals surface area contributed by atoms with E-state index >= 15 is 0 Å². The van der Waals surface area contributed by atoms with Gasteiger partial charge >= 0.3 is 0 Å². The predicted molar refractivity (Wildman–Crippen MR) is 103 cm³/mol. The monoisotopic (exact) mass is 348 g/mol. The molecule has 0 radical (unpaired) electrons. The summed E-state index contributed by atoms with van der Waals surface area (Å²) in [7, 11) is 0. The van der Waals surface area contributed by atoms with Crippen LogP contribution in [0.1, 0.15) is 34.3 Å². The molecule has 0 bridgehead atoms. The molecule has 2 aromatic carbocycles. The topological polar surface area (TPSA) is 75.0 Å². The highest BCUT2D eigenvalue weighted by molar-refractivity contribution is 5.92. The number of aromatic nitrogens is 2. The first-order chi connectivity index (χ1) is 12.7. The van der Waals surface area contributed by atoms with Crippen molar-refractivity contribution in [2.24, 2.45) is 11.7 Å². The molecule has 4 rings (SSSR count). The van der Waals surface area contributed by atoms with Gasteiger partial charge in [-0.25, -0.2) is 0 Å². The van der Waals surface area contributed by atoms with Crippen molar-refractivity contribution in [1.82, 2.24) is 15.1 Å². The van der Waals surface area contributed by atoms with Crippen molar-refractivity contribution in [2.75, 3.05) is 13.1 Å². The molecule has 1 atom stereocenters. The van der Waals surface area contributed by atoms with E-state index in [9.17, 15) is 4.79 Å². The number of rotatable bonds is 5. The normalized spacial score (nSPS) is 18.2. The van der Waals surface area contributed by atoms with Crippen LogP contribution in [0.15, 0.2) is 48.7 Å². The van der Waals surface area contributed by atoms with E-state index in [1.165, 1.54) is 23.8 Å². The maximum atomic E-state index is 11.4. The van der Waals surface area contributed by atoms with Crippen LogP contribution in [-0.2, 0) is 13.0 Å². The van der Waals surface area contributed by atoms with Crippen molar-refractivity contribution in [3.8, 4) is 0 Å². The van der Waals surface area contributed by atoms with Gasteiger partial charge in [0.15, 0.2) is 0 Å². The van der Waals surface area contributed by atoms with E-state index in [0.29, 0.717) is 11.5 Å². The van der Waals surface area contributed by atoms with E-state index in [2.05, 4.69) is 39.4 Å². The number of fused-ring (bicyclic) bond motifs is 1. The second-order valence-corrected chi connectivity index (χ2v) is 7.30. The molecule has 1 aromatic heterocycles. The van der Waals surface area contributed by atoms with Gasteiger partial charge in [0, 0.05) is 24.0 Å². The van der Waals surface area contributed by atoms with Crippen molar-refractivity contribution in [3.63, 3.8) is 0 Å². The summed E-state index contributed by atoms with van der Waals surface area (Å²) < 4.78 is 0. The third kappa shape index (κ3) is 3.78. The van der Waals surface area contributed by atoms with Gasteiger partial charge in [0.1, 0.15) is 0 Å². The summed E-state index contributed by atoms with van der Waals surface area (Å²) in [6.45, 7) is 3.07. The number of piperidine rings is 1. The molecule has 134 valence electrons. The van der Waals surface area contributed by atoms with Gasteiger partial charge in [-0.1, -0.05) is 18.2 Å². The third-order valence-corrected chi connectivity index (χ3v) is 5.25. The Balaban J connectivity index is 1.40. The van der Waals surface area contributed by atoms with Crippen LogP contribution in [0.5, 0.6) is 0 Å². The maximum Gasteiger partial charge on any atom is 0.248 e. The second-order valence-electron chi connectivity index (χ2n) is 7.30. The fourth-order valence-corrected chi connectivity index (χ4v) is 4.00. The van der Waals surface area contributed by atoms with Gasteiger partial charge in [-0.3, -0.25) is 14.8 Å². The fraction of sp³-hybridized carbons (Fsp3) is 0.333. The van der Waals surface area contributed by atoms with E-state index in [-0.39, 0.29) is 5.91 Å². The Bertz CT molecular complexity index is 917. The van der Waals surface area contributed by atoms with Crippen molar-refractivity contribution >= 4 is 16.8 Å². The highest BCUT2D eigenvalue weighted by Crippen LogP contribution is 2.24. The molecule has 1 saturated heterocycles. The van der Waals surface area contributed by atoms with Crippen LogP contribution >= 0.6 is 0 Å². The highest BCUT2D eigenvalue weighted by atomic mass is 16.1. The number of H-pyrrole nitrogens is 1. The molecule has 2 heterocycles. The molecule has 1 aliphatic rings. The molecular formula is C21H24N4O. The lowest BCUT2D eigenvalue weighted by Gasteiger charge is -2.33. The zero-order valence-corrected chi connectivity index (χ0v) is 14.8. The second kappa shape index (κ2) is 7.30. The van der Waals surface area contributed by atoms with Crippen molar-refractivity contribution in [3.05, 3.63) is 65.4 Å². The first-order valence-corrected chi connectivity index (χ1v) is 9.20. The number of nitrogens with one attached hydrogen (secondary N) is 1. The molecule has 0 spiro atoms. The lowest BCUT2D eigenvalue weighted by atomic mass is 9.90. The molecule has 0 saturated carbocycles. The van der Waals surface area contributed by atoms with Crippen molar-refractivity contribution in [1.29, 1.82) is 0 Å².